The van der Waals surface area contributed by atoms with Gasteiger partial charge in [-0.15, -0.1) is 0 Å². The number of aryl methyl sites for hydroxylation is 1. The van der Waals surface area contributed by atoms with Gasteiger partial charge in [0.15, 0.2) is 0 Å². The first kappa shape index (κ1) is 10.4. The molecule has 1 heteroatoms. The molecular formula is C14H12Br. The Hall–Kier alpha value is -1.08. The molecule has 2 aromatic carbocycles. The summed E-state index contributed by atoms with van der Waals surface area (Å²) in [5.41, 5.74) is 3.68. The van der Waals surface area contributed by atoms with Crippen LogP contribution in [0, 0.1) is 6.07 Å². The molecule has 75 valence electrons. The lowest BCUT2D eigenvalue weighted by molar-refractivity contribution is 1.14. The second-order valence-electron chi connectivity index (χ2n) is 3.44. The minimum atomic E-state index is 1.04. The van der Waals surface area contributed by atoms with Crippen LogP contribution in [0.5, 0.6) is 0 Å². The number of hydrogen-bond acceptors (Lipinski definition) is 0. The van der Waals surface area contributed by atoms with Crippen LogP contribution in [0.1, 0.15) is 12.5 Å². The molecule has 0 aliphatic rings. The summed E-state index contributed by atoms with van der Waals surface area (Å²) in [7, 11) is 0. The summed E-state index contributed by atoms with van der Waals surface area (Å²) in [5, 5.41) is 0. The van der Waals surface area contributed by atoms with Gasteiger partial charge in [-0.25, -0.2) is 0 Å². The van der Waals surface area contributed by atoms with Crippen LogP contribution < -0.4 is 0 Å². The van der Waals surface area contributed by atoms with Crippen LogP contribution in [0.4, 0.5) is 0 Å². The maximum atomic E-state index is 3.55. The zero-order valence-corrected chi connectivity index (χ0v) is 10.2. The van der Waals surface area contributed by atoms with E-state index in [9.17, 15) is 0 Å². The summed E-state index contributed by atoms with van der Waals surface area (Å²) in [5.74, 6) is 0. The standard InChI is InChI=1S/C14H12Br/c1-2-11-7-9-12(10-8-11)13-5-3-4-6-14(13)15/h3-7,9-10H,2H2,1H3. The molecule has 0 aromatic heterocycles. The fourth-order valence-electron chi connectivity index (χ4n) is 1.54. The van der Waals surface area contributed by atoms with Crippen LogP contribution in [0.3, 0.4) is 0 Å². The largest absolute Gasteiger partial charge is 0.0616 e. The Kier molecular flexibility index (Phi) is 3.22. The lowest BCUT2D eigenvalue weighted by Crippen LogP contribution is -1.82. The molecule has 0 nitrogen and oxygen atoms in total. The Labute approximate surface area is 99.1 Å². The van der Waals surface area contributed by atoms with Crippen LogP contribution >= 0.6 is 15.9 Å². The third kappa shape index (κ3) is 2.29. The molecule has 15 heavy (non-hydrogen) atoms. The maximum absolute atomic E-state index is 3.55. The third-order valence-corrected chi connectivity index (χ3v) is 3.13. The van der Waals surface area contributed by atoms with Crippen LogP contribution in [-0.2, 0) is 6.42 Å². The highest BCUT2D eigenvalue weighted by Gasteiger charge is 2.01. The van der Waals surface area contributed by atoms with E-state index < -0.39 is 0 Å². The van der Waals surface area contributed by atoms with Gasteiger partial charge in [-0.3, -0.25) is 0 Å². The van der Waals surface area contributed by atoms with Crippen molar-refractivity contribution in [2.75, 3.05) is 0 Å². The average molecular weight is 260 g/mol. The maximum Gasteiger partial charge on any atom is 0.0253 e. The lowest BCUT2D eigenvalue weighted by atomic mass is 10.0. The molecule has 1 radical (unpaired) electrons. The van der Waals surface area contributed by atoms with Crippen molar-refractivity contribution >= 4 is 15.9 Å². The highest BCUT2D eigenvalue weighted by molar-refractivity contribution is 9.10. The van der Waals surface area contributed by atoms with Crippen molar-refractivity contribution in [2.45, 2.75) is 13.3 Å². The summed E-state index contributed by atoms with van der Waals surface area (Å²) in [6.07, 6.45) is 1.04. The molecular weight excluding hydrogens is 248 g/mol. The molecule has 0 fully saturated rings. The molecule has 0 amide bonds. The molecule has 0 aliphatic heterocycles. The fourth-order valence-corrected chi connectivity index (χ4v) is 2.05. The molecule has 2 aromatic rings. The first-order valence-electron chi connectivity index (χ1n) is 5.07. The highest BCUT2D eigenvalue weighted by Crippen LogP contribution is 2.27. The van der Waals surface area contributed by atoms with E-state index in [1.54, 1.807) is 0 Å². The van der Waals surface area contributed by atoms with Gasteiger partial charge in [0.25, 0.3) is 0 Å². The van der Waals surface area contributed by atoms with Crippen molar-refractivity contribution in [3.63, 3.8) is 0 Å². The summed E-state index contributed by atoms with van der Waals surface area (Å²) in [4.78, 5) is 0. The Balaban J connectivity index is 2.42. The summed E-state index contributed by atoms with van der Waals surface area (Å²) in [6, 6.07) is 17.9. The Morgan fingerprint density at radius 1 is 1.13 bits per heavy atom. The van der Waals surface area contributed by atoms with Gasteiger partial charge in [0, 0.05) is 4.47 Å². The third-order valence-electron chi connectivity index (χ3n) is 2.44. The average Bonchev–Trinajstić information content (AvgIpc) is 2.30. The fraction of sp³-hybridized carbons (Fsp3) is 0.143. The Bertz CT molecular complexity index is 443. The summed E-state index contributed by atoms with van der Waals surface area (Å²) in [6.45, 7) is 2.14. The smallest absolute Gasteiger partial charge is 0.0253 e. The topological polar surface area (TPSA) is 0 Å². The quantitative estimate of drug-likeness (QED) is 0.746. The zero-order valence-electron chi connectivity index (χ0n) is 8.63. The monoisotopic (exact) mass is 259 g/mol. The number of benzene rings is 2. The molecule has 0 atom stereocenters. The molecule has 0 saturated carbocycles. The van der Waals surface area contributed by atoms with Gasteiger partial charge in [0.2, 0.25) is 0 Å². The van der Waals surface area contributed by atoms with Gasteiger partial charge in [0.05, 0.1) is 0 Å². The van der Waals surface area contributed by atoms with E-state index in [0.29, 0.717) is 0 Å². The predicted molar refractivity (Wildman–Crippen MR) is 67.8 cm³/mol. The second-order valence-corrected chi connectivity index (χ2v) is 4.29. The van der Waals surface area contributed by atoms with E-state index in [4.69, 9.17) is 0 Å². The first-order valence-corrected chi connectivity index (χ1v) is 5.86. The van der Waals surface area contributed by atoms with Gasteiger partial charge in [0.1, 0.15) is 0 Å². The van der Waals surface area contributed by atoms with Gasteiger partial charge < -0.3 is 0 Å². The SMILES string of the molecule is CCc1[c]cc(-c2ccccc2Br)cc1. The van der Waals surface area contributed by atoms with Crippen molar-refractivity contribution in [1.29, 1.82) is 0 Å². The van der Waals surface area contributed by atoms with Crippen molar-refractivity contribution < 1.29 is 0 Å². The molecule has 0 heterocycles. The molecule has 0 spiro atoms. The van der Waals surface area contributed by atoms with Gasteiger partial charge in [-0.2, -0.15) is 0 Å². The molecule has 2 rings (SSSR count). The number of halogens is 1. The van der Waals surface area contributed by atoms with Crippen LogP contribution in [0.25, 0.3) is 11.1 Å². The van der Waals surface area contributed by atoms with E-state index in [1.807, 2.05) is 12.1 Å². The van der Waals surface area contributed by atoms with Crippen molar-refractivity contribution in [2.24, 2.45) is 0 Å². The van der Waals surface area contributed by atoms with Gasteiger partial charge in [-0.05, 0) is 41.3 Å². The van der Waals surface area contributed by atoms with E-state index in [1.165, 1.54) is 16.7 Å². The number of rotatable bonds is 2. The summed E-state index contributed by atoms with van der Waals surface area (Å²) >= 11 is 3.55. The zero-order chi connectivity index (χ0) is 10.7. The lowest BCUT2D eigenvalue weighted by Gasteiger charge is -2.04. The van der Waals surface area contributed by atoms with Crippen molar-refractivity contribution in [1.82, 2.24) is 0 Å². The van der Waals surface area contributed by atoms with E-state index in [-0.39, 0.29) is 0 Å². The minimum absolute atomic E-state index is 1.04. The second kappa shape index (κ2) is 4.63. The first-order chi connectivity index (χ1) is 7.31. The van der Waals surface area contributed by atoms with Crippen molar-refractivity contribution in [3.05, 3.63) is 58.6 Å². The van der Waals surface area contributed by atoms with Crippen LogP contribution in [0.2, 0.25) is 0 Å². The Morgan fingerprint density at radius 3 is 2.53 bits per heavy atom. The van der Waals surface area contributed by atoms with E-state index >= 15 is 0 Å². The van der Waals surface area contributed by atoms with E-state index in [0.717, 1.165) is 10.9 Å². The number of hydrogen-bond donors (Lipinski definition) is 0. The van der Waals surface area contributed by atoms with Gasteiger partial charge >= 0.3 is 0 Å². The Morgan fingerprint density at radius 2 is 1.93 bits per heavy atom. The highest BCUT2D eigenvalue weighted by atomic mass is 79.9. The van der Waals surface area contributed by atoms with Crippen LogP contribution in [0.15, 0.2) is 46.9 Å². The molecule has 0 bridgehead atoms. The normalized spacial score (nSPS) is 10.3. The van der Waals surface area contributed by atoms with Gasteiger partial charge in [-0.1, -0.05) is 53.2 Å². The molecule has 0 saturated heterocycles. The molecule has 0 aliphatic carbocycles. The molecule has 0 N–H and O–H groups in total. The summed E-state index contributed by atoms with van der Waals surface area (Å²) < 4.78 is 1.13. The predicted octanol–water partition coefficient (Wildman–Crippen LogP) is 4.48. The van der Waals surface area contributed by atoms with Crippen molar-refractivity contribution in [3.8, 4) is 11.1 Å². The minimum Gasteiger partial charge on any atom is -0.0616 e. The molecule has 0 unspecified atom stereocenters. The van der Waals surface area contributed by atoms with Crippen LogP contribution in [-0.4, -0.2) is 0 Å². The van der Waals surface area contributed by atoms with E-state index in [2.05, 4.69) is 59.3 Å².